The Bertz CT molecular complexity index is 696. The highest BCUT2D eigenvalue weighted by molar-refractivity contribution is 5.79. The topological polar surface area (TPSA) is 97.5 Å². The molecular formula is C14H14N6. The number of hydrogen-bond donors (Lipinski definition) is 1. The van der Waals surface area contributed by atoms with Gasteiger partial charge in [0.1, 0.15) is 6.04 Å². The fraction of sp³-hybridized carbons (Fsp3) is 0.286. The Labute approximate surface area is 116 Å². The third kappa shape index (κ3) is 3.23. The fourth-order valence-corrected chi connectivity index (χ4v) is 1.97. The van der Waals surface area contributed by atoms with Gasteiger partial charge in [-0.3, -0.25) is 10.3 Å². The number of aromatic nitrogens is 1. The molecule has 0 spiro atoms. The number of nitrogens with one attached hydrogen (secondary N) is 1. The zero-order valence-corrected chi connectivity index (χ0v) is 11.1. The van der Waals surface area contributed by atoms with Gasteiger partial charge in [-0.1, -0.05) is 17.2 Å². The van der Waals surface area contributed by atoms with Gasteiger partial charge in [0.25, 0.3) is 0 Å². The summed E-state index contributed by atoms with van der Waals surface area (Å²) in [5.74, 6) is 0. The van der Waals surface area contributed by atoms with E-state index in [1.54, 1.807) is 0 Å². The van der Waals surface area contributed by atoms with Gasteiger partial charge < -0.3 is 0 Å². The molecular weight excluding hydrogens is 252 g/mol. The zero-order chi connectivity index (χ0) is 14.4. The Kier molecular flexibility index (Phi) is 4.51. The average Bonchev–Trinajstić information content (AvgIpc) is 2.47. The number of fused-ring (bicyclic) bond motifs is 1. The van der Waals surface area contributed by atoms with Crippen LogP contribution in [0.25, 0.3) is 21.3 Å². The van der Waals surface area contributed by atoms with E-state index >= 15 is 0 Å². The number of azide groups is 1. The van der Waals surface area contributed by atoms with Gasteiger partial charge in [-0.05, 0) is 36.2 Å². The first kappa shape index (κ1) is 13.8. The van der Waals surface area contributed by atoms with Crippen molar-refractivity contribution < 1.29 is 0 Å². The quantitative estimate of drug-likeness (QED) is 0.390. The fourth-order valence-electron chi connectivity index (χ4n) is 1.97. The predicted molar refractivity (Wildman–Crippen MR) is 76.8 cm³/mol. The van der Waals surface area contributed by atoms with Crippen molar-refractivity contribution >= 4 is 10.9 Å². The molecule has 6 nitrogen and oxygen atoms in total. The van der Waals surface area contributed by atoms with Crippen LogP contribution < -0.4 is 5.32 Å². The molecule has 2 rings (SSSR count). The van der Waals surface area contributed by atoms with Crippen LogP contribution in [-0.4, -0.2) is 18.1 Å². The summed E-state index contributed by atoms with van der Waals surface area (Å²) < 4.78 is 0. The standard InChI is InChI=1S/C14H14N6/c1-10-2-3-11-8-12(4-5-13(11)19-10)14(9-15)17-6-7-18-20-16/h2-5,8,14,17H,6-7H2,1H3. The molecule has 1 heterocycles. The Hall–Kier alpha value is -2.61. The van der Waals surface area contributed by atoms with Crippen molar-refractivity contribution in [1.82, 2.24) is 10.3 Å². The van der Waals surface area contributed by atoms with Gasteiger partial charge >= 0.3 is 0 Å². The Morgan fingerprint density at radius 2 is 2.30 bits per heavy atom. The first-order valence-electron chi connectivity index (χ1n) is 6.26. The van der Waals surface area contributed by atoms with E-state index in [0.29, 0.717) is 13.1 Å². The highest BCUT2D eigenvalue weighted by Gasteiger charge is 2.10. The van der Waals surface area contributed by atoms with E-state index in [1.165, 1.54) is 0 Å². The van der Waals surface area contributed by atoms with Gasteiger partial charge in [0.05, 0.1) is 11.6 Å². The average molecular weight is 266 g/mol. The van der Waals surface area contributed by atoms with Gasteiger partial charge in [0, 0.05) is 29.1 Å². The highest BCUT2D eigenvalue weighted by Crippen LogP contribution is 2.19. The third-order valence-electron chi connectivity index (χ3n) is 2.94. The van der Waals surface area contributed by atoms with E-state index in [9.17, 15) is 5.26 Å². The monoisotopic (exact) mass is 266 g/mol. The Balaban J connectivity index is 2.19. The minimum atomic E-state index is -0.422. The maximum Gasteiger partial charge on any atom is 0.121 e. The van der Waals surface area contributed by atoms with Gasteiger partial charge in [-0.25, -0.2) is 0 Å². The molecule has 1 unspecified atom stereocenters. The minimum Gasteiger partial charge on any atom is -0.298 e. The number of aryl methyl sites for hydroxylation is 1. The molecule has 20 heavy (non-hydrogen) atoms. The van der Waals surface area contributed by atoms with Crippen molar-refractivity contribution in [1.29, 1.82) is 5.26 Å². The molecule has 1 aromatic heterocycles. The van der Waals surface area contributed by atoms with E-state index in [-0.39, 0.29) is 0 Å². The van der Waals surface area contributed by atoms with Crippen molar-refractivity contribution in [3.05, 3.63) is 52.0 Å². The van der Waals surface area contributed by atoms with E-state index in [1.807, 2.05) is 37.3 Å². The molecule has 1 aromatic carbocycles. The molecule has 0 radical (unpaired) electrons. The van der Waals surface area contributed by atoms with Crippen LogP contribution in [0.15, 0.2) is 35.4 Å². The number of nitrogens with zero attached hydrogens (tertiary/aromatic N) is 5. The number of benzene rings is 1. The molecule has 100 valence electrons. The third-order valence-corrected chi connectivity index (χ3v) is 2.94. The summed E-state index contributed by atoms with van der Waals surface area (Å²) >= 11 is 0. The van der Waals surface area contributed by atoms with Crippen molar-refractivity contribution in [2.24, 2.45) is 5.11 Å². The normalized spacial score (nSPS) is 11.6. The molecule has 2 aromatic rings. The van der Waals surface area contributed by atoms with E-state index in [2.05, 4.69) is 26.4 Å². The zero-order valence-electron chi connectivity index (χ0n) is 11.1. The van der Waals surface area contributed by atoms with Gasteiger partial charge in [-0.2, -0.15) is 5.26 Å². The molecule has 0 aliphatic carbocycles. The van der Waals surface area contributed by atoms with Gasteiger partial charge in [0.15, 0.2) is 0 Å². The molecule has 0 amide bonds. The lowest BCUT2D eigenvalue weighted by Crippen LogP contribution is -2.22. The summed E-state index contributed by atoms with van der Waals surface area (Å²) in [4.78, 5) is 7.10. The molecule has 1 atom stereocenters. The summed E-state index contributed by atoms with van der Waals surface area (Å²) in [5.41, 5.74) is 11.0. The van der Waals surface area contributed by atoms with Crippen molar-refractivity contribution in [3.8, 4) is 6.07 Å². The van der Waals surface area contributed by atoms with Crippen molar-refractivity contribution in [2.45, 2.75) is 13.0 Å². The number of nitriles is 1. The second kappa shape index (κ2) is 6.53. The summed E-state index contributed by atoms with van der Waals surface area (Å²) in [7, 11) is 0. The SMILES string of the molecule is Cc1ccc2cc(C(C#N)NCCN=[N+]=[N-])ccc2n1. The first-order chi connectivity index (χ1) is 9.74. The van der Waals surface area contributed by atoms with Crippen LogP contribution in [0.5, 0.6) is 0 Å². The van der Waals surface area contributed by atoms with Crippen molar-refractivity contribution in [3.63, 3.8) is 0 Å². The highest BCUT2D eigenvalue weighted by atomic mass is 15.1. The van der Waals surface area contributed by atoms with Crippen LogP contribution >= 0.6 is 0 Å². The Morgan fingerprint density at radius 3 is 3.05 bits per heavy atom. The lowest BCUT2D eigenvalue weighted by atomic mass is 10.0. The number of rotatable bonds is 5. The second-order valence-electron chi connectivity index (χ2n) is 4.38. The lowest BCUT2D eigenvalue weighted by molar-refractivity contribution is 0.636. The number of hydrogen-bond acceptors (Lipinski definition) is 4. The van der Waals surface area contributed by atoms with E-state index in [0.717, 1.165) is 22.2 Å². The molecule has 0 bridgehead atoms. The molecule has 0 fully saturated rings. The van der Waals surface area contributed by atoms with Crippen LogP contribution in [0.2, 0.25) is 0 Å². The largest absolute Gasteiger partial charge is 0.298 e. The summed E-state index contributed by atoms with van der Waals surface area (Å²) in [6.45, 7) is 2.73. The van der Waals surface area contributed by atoms with Crippen molar-refractivity contribution in [2.75, 3.05) is 13.1 Å². The number of pyridine rings is 1. The minimum absolute atomic E-state index is 0.322. The molecule has 0 aliphatic rings. The van der Waals surface area contributed by atoms with Gasteiger partial charge in [0.2, 0.25) is 0 Å². The van der Waals surface area contributed by atoms with Crippen LogP contribution in [0.4, 0.5) is 0 Å². The summed E-state index contributed by atoms with van der Waals surface area (Å²) in [6.07, 6.45) is 0. The van der Waals surface area contributed by atoms with Crippen LogP contribution in [0.1, 0.15) is 17.3 Å². The first-order valence-corrected chi connectivity index (χ1v) is 6.26. The molecule has 0 saturated heterocycles. The maximum absolute atomic E-state index is 9.22. The molecule has 0 aliphatic heterocycles. The van der Waals surface area contributed by atoms with Gasteiger partial charge in [-0.15, -0.1) is 0 Å². The molecule has 0 saturated carbocycles. The lowest BCUT2D eigenvalue weighted by Gasteiger charge is -2.11. The predicted octanol–water partition coefficient (Wildman–Crippen LogP) is 3.01. The van der Waals surface area contributed by atoms with Crippen LogP contribution in [0.3, 0.4) is 0 Å². The van der Waals surface area contributed by atoms with Crippen LogP contribution in [-0.2, 0) is 0 Å². The molecule has 1 N–H and O–H groups in total. The maximum atomic E-state index is 9.22. The van der Waals surface area contributed by atoms with Crippen LogP contribution in [0, 0.1) is 18.3 Å². The smallest absolute Gasteiger partial charge is 0.121 e. The van der Waals surface area contributed by atoms with E-state index in [4.69, 9.17) is 5.53 Å². The second-order valence-corrected chi connectivity index (χ2v) is 4.38. The Morgan fingerprint density at radius 1 is 1.45 bits per heavy atom. The summed E-state index contributed by atoms with van der Waals surface area (Å²) in [6, 6.07) is 11.5. The summed E-state index contributed by atoms with van der Waals surface area (Å²) in [5, 5.41) is 16.7. The molecule has 6 heteroatoms. The van der Waals surface area contributed by atoms with E-state index < -0.39 is 6.04 Å².